The summed E-state index contributed by atoms with van der Waals surface area (Å²) in [7, 11) is 0. The number of aromatic nitrogens is 3. The second kappa shape index (κ2) is 13.7. The lowest BCUT2D eigenvalue weighted by Crippen LogP contribution is -2.31. The Hall–Kier alpha value is -4.83. The maximum absolute atomic E-state index is 14.1. The molecule has 3 amide bonds. The van der Waals surface area contributed by atoms with Crippen molar-refractivity contribution in [2.24, 2.45) is 4.99 Å². The Kier molecular flexibility index (Phi) is 9.67. The van der Waals surface area contributed by atoms with Gasteiger partial charge in [0.25, 0.3) is 6.43 Å². The van der Waals surface area contributed by atoms with E-state index in [-0.39, 0.29) is 40.5 Å². The van der Waals surface area contributed by atoms with Gasteiger partial charge in [0, 0.05) is 23.3 Å². The number of aryl methyl sites for hydroxylation is 1. The average molecular weight is 661 g/mol. The summed E-state index contributed by atoms with van der Waals surface area (Å²) in [5, 5.41) is 6.70. The number of benzene rings is 3. The van der Waals surface area contributed by atoms with Crippen LogP contribution in [-0.2, 0) is 16.1 Å². The maximum Gasteiger partial charge on any atom is 0.573 e. The van der Waals surface area contributed by atoms with Gasteiger partial charge in [-0.15, -0.1) is 18.3 Å². The molecule has 0 radical (unpaired) electrons. The molecular weight excluding hydrogens is 635 g/mol. The molecule has 46 heavy (non-hydrogen) atoms. The summed E-state index contributed by atoms with van der Waals surface area (Å²) in [5.74, 6) is -0.632. The van der Waals surface area contributed by atoms with Crippen molar-refractivity contribution < 1.29 is 41.0 Å². The molecule has 1 aliphatic rings. The highest BCUT2D eigenvalue weighted by Gasteiger charge is 2.33. The Balaban J connectivity index is 1.35. The molecule has 5 rings (SSSR count). The molecule has 0 atom stereocenters. The van der Waals surface area contributed by atoms with Crippen LogP contribution in [-0.4, -0.2) is 50.6 Å². The van der Waals surface area contributed by atoms with Gasteiger partial charge in [0.15, 0.2) is 11.0 Å². The summed E-state index contributed by atoms with van der Waals surface area (Å²) < 4.78 is 76.2. The number of rotatable bonds is 9. The van der Waals surface area contributed by atoms with Crippen molar-refractivity contribution in [1.82, 2.24) is 14.8 Å². The molecule has 0 bridgehead atoms. The first-order chi connectivity index (χ1) is 21.9. The van der Waals surface area contributed by atoms with Crippen molar-refractivity contribution in [3.8, 4) is 22.8 Å². The van der Waals surface area contributed by atoms with E-state index in [1.807, 2.05) is 26.0 Å². The van der Waals surface area contributed by atoms with E-state index in [0.29, 0.717) is 18.0 Å². The number of hydrogen-bond acceptors (Lipinski definition) is 7. The number of urea groups is 1. The number of amidine groups is 1. The summed E-state index contributed by atoms with van der Waals surface area (Å²) in [4.78, 5) is 35.2. The van der Waals surface area contributed by atoms with Crippen LogP contribution < -0.4 is 15.0 Å². The number of carbonyl (C=O) groups is 2. The predicted octanol–water partition coefficient (Wildman–Crippen LogP) is 7.28. The van der Waals surface area contributed by atoms with Crippen LogP contribution in [0.15, 0.2) is 72.0 Å². The smallest absolute Gasteiger partial charge is 0.406 e. The Morgan fingerprint density at radius 2 is 1.87 bits per heavy atom. The zero-order valence-electron chi connectivity index (χ0n) is 24.2. The van der Waals surface area contributed by atoms with Gasteiger partial charge in [-0.2, -0.15) is 4.99 Å². The van der Waals surface area contributed by atoms with Gasteiger partial charge in [-0.3, -0.25) is 9.69 Å². The highest BCUT2D eigenvalue weighted by Crippen LogP contribution is 2.33. The number of nitrogens with zero attached hydrogens (tertiary/aromatic N) is 5. The molecule has 3 aromatic carbocycles. The third-order valence-corrected chi connectivity index (χ3v) is 7.44. The van der Waals surface area contributed by atoms with E-state index in [1.54, 1.807) is 6.07 Å². The topological polar surface area (TPSA) is 111 Å². The second-order valence-electron chi connectivity index (χ2n) is 9.77. The minimum Gasteiger partial charge on any atom is -0.406 e. The molecule has 1 aromatic heterocycles. The Morgan fingerprint density at radius 3 is 2.57 bits per heavy atom. The van der Waals surface area contributed by atoms with Crippen LogP contribution in [0.4, 0.5) is 38.1 Å². The third kappa shape index (κ3) is 7.69. The minimum absolute atomic E-state index is 0.0379. The largest absolute Gasteiger partial charge is 0.573 e. The molecule has 10 nitrogen and oxygen atoms in total. The molecule has 0 unspecified atom stereocenters. The van der Waals surface area contributed by atoms with Gasteiger partial charge in [-0.1, -0.05) is 23.9 Å². The van der Waals surface area contributed by atoms with Crippen molar-refractivity contribution in [3.63, 3.8) is 0 Å². The summed E-state index contributed by atoms with van der Waals surface area (Å²) in [6, 6.07) is 13.1. The number of amides is 3. The van der Waals surface area contributed by atoms with Crippen LogP contribution in [0, 0.1) is 6.92 Å². The number of alkyl halides is 5. The van der Waals surface area contributed by atoms with Gasteiger partial charge in [0.2, 0.25) is 5.91 Å². The van der Waals surface area contributed by atoms with E-state index in [1.165, 1.54) is 40.2 Å². The SMILES string of the molecule is CCOCc1ccc(C)cc1N1C(=O)CSC1=NC(=O)Nc1ccc(-c2ncn(-c3ccc(OC(F)(F)F)cc3)n2)cc1C(F)F. The van der Waals surface area contributed by atoms with Crippen molar-refractivity contribution >= 4 is 40.2 Å². The van der Waals surface area contributed by atoms with E-state index in [9.17, 15) is 31.5 Å². The van der Waals surface area contributed by atoms with Crippen LogP contribution in [0.2, 0.25) is 0 Å². The zero-order chi connectivity index (χ0) is 33.0. The molecule has 1 fully saturated rings. The molecule has 0 saturated carbocycles. The number of hydrogen-bond donors (Lipinski definition) is 1. The molecule has 0 spiro atoms. The molecule has 0 aliphatic carbocycles. The first-order valence-electron chi connectivity index (χ1n) is 13.6. The summed E-state index contributed by atoms with van der Waals surface area (Å²) in [5.41, 5.74) is 1.92. The summed E-state index contributed by atoms with van der Waals surface area (Å²) in [6.07, 6.45) is -6.57. The van der Waals surface area contributed by atoms with Crippen LogP contribution in [0.1, 0.15) is 30.0 Å². The van der Waals surface area contributed by atoms with E-state index in [4.69, 9.17) is 4.74 Å². The molecule has 1 saturated heterocycles. The van der Waals surface area contributed by atoms with E-state index < -0.39 is 30.1 Å². The average Bonchev–Trinajstić information content (AvgIpc) is 3.63. The van der Waals surface area contributed by atoms with Gasteiger partial charge in [-0.05, 0) is 67.9 Å². The molecular formula is C30H25F5N6O4S. The molecule has 1 N–H and O–H groups in total. The number of ether oxygens (including phenoxy) is 2. The minimum atomic E-state index is -4.84. The third-order valence-electron chi connectivity index (χ3n) is 6.52. The molecule has 16 heteroatoms. The van der Waals surface area contributed by atoms with Crippen molar-refractivity contribution in [2.75, 3.05) is 22.6 Å². The molecule has 2 heterocycles. The normalized spacial score (nSPS) is 14.4. The highest BCUT2D eigenvalue weighted by molar-refractivity contribution is 8.15. The second-order valence-corrected chi connectivity index (χ2v) is 10.7. The van der Waals surface area contributed by atoms with Crippen molar-refractivity contribution in [3.05, 3.63) is 83.7 Å². The summed E-state index contributed by atoms with van der Waals surface area (Å²) in [6.45, 7) is 4.39. The Bertz CT molecular complexity index is 1780. The standard InChI is InChI=1S/C30H25F5N6O4S/c1-3-44-14-19-5-4-17(2)12-24(19)41-25(42)15-46-29(41)38-28(43)37-23-11-6-18(13-22(23)26(31)32)27-36-16-40(39-27)20-7-9-21(10-8-20)45-30(33,34)35/h4-13,16,26H,3,14-15H2,1-2H3,(H,37,43). The lowest BCUT2D eigenvalue weighted by atomic mass is 10.1. The fraction of sp³-hybridized carbons (Fsp3) is 0.233. The monoisotopic (exact) mass is 660 g/mol. The maximum atomic E-state index is 14.1. The first kappa shape index (κ1) is 32.6. The lowest BCUT2D eigenvalue weighted by Gasteiger charge is -2.20. The quantitative estimate of drug-likeness (QED) is 0.188. The number of carbonyl (C=O) groups excluding carboxylic acids is 2. The zero-order valence-corrected chi connectivity index (χ0v) is 25.0. The van der Waals surface area contributed by atoms with Crippen molar-refractivity contribution in [1.29, 1.82) is 0 Å². The van der Waals surface area contributed by atoms with Crippen LogP contribution in [0.5, 0.6) is 5.75 Å². The van der Waals surface area contributed by atoms with Crippen LogP contribution in [0.25, 0.3) is 17.1 Å². The number of anilines is 2. The van der Waals surface area contributed by atoms with Gasteiger partial charge in [0.05, 0.1) is 29.4 Å². The Morgan fingerprint density at radius 1 is 1.11 bits per heavy atom. The number of nitrogens with one attached hydrogen (secondary N) is 1. The lowest BCUT2D eigenvalue weighted by molar-refractivity contribution is -0.274. The van der Waals surface area contributed by atoms with Gasteiger partial charge in [0.1, 0.15) is 12.1 Å². The van der Waals surface area contributed by atoms with Gasteiger partial charge < -0.3 is 14.8 Å². The fourth-order valence-corrected chi connectivity index (χ4v) is 5.30. The molecule has 4 aromatic rings. The van der Waals surface area contributed by atoms with Gasteiger partial charge in [-0.25, -0.2) is 23.2 Å². The van der Waals surface area contributed by atoms with E-state index in [2.05, 4.69) is 25.1 Å². The van der Waals surface area contributed by atoms with E-state index in [0.717, 1.165) is 41.1 Å². The Labute approximate surface area is 263 Å². The first-order valence-corrected chi connectivity index (χ1v) is 14.6. The van der Waals surface area contributed by atoms with Crippen LogP contribution >= 0.6 is 11.8 Å². The van der Waals surface area contributed by atoms with Crippen molar-refractivity contribution in [2.45, 2.75) is 33.2 Å². The number of thioether (sulfide) groups is 1. The van der Waals surface area contributed by atoms with Gasteiger partial charge >= 0.3 is 12.4 Å². The summed E-state index contributed by atoms with van der Waals surface area (Å²) >= 11 is 1.05. The number of halogens is 5. The fourth-order valence-electron chi connectivity index (χ4n) is 4.44. The number of aliphatic imine (C=N–C) groups is 1. The van der Waals surface area contributed by atoms with E-state index >= 15 is 0 Å². The highest BCUT2D eigenvalue weighted by atomic mass is 32.2. The molecule has 1 aliphatic heterocycles. The molecule has 240 valence electrons. The van der Waals surface area contributed by atoms with Crippen LogP contribution in [0.3, 0.4) is 0 Å². The predicted molar refractivity (Wildman–Crippen MR) is 161 cm³/mol.